The molecule has 1 rings (SSSR count). The van der Waals surface area contributed by atoms with Gasteiger partial charge in [-0.05, 0) is 47.0 Å². The van der Waals surface area contributed by atoms with Crippen molar-refractivity contribution in [1.29, 1.82) is 0 Å². The molecule has 1 unspecified atom stereocenters. The zero-order valence-corrected chi connectivity index (χ0v) is 8.22. The molecule has 0 spiro atoms. The second kappa shape index (κ2) is 3.14. The summed E-state index contributed by atoms with van der Waals surface area (Å²) in [5.41, 5.74) is 0.344. The van der Waals surface area contributed by atoms with Crippen LogP contribution in [0.5, 0.6) is 0 Å². The summed E-state index contributed by atoms with van der Waals surface area (Å²) in [6.07, 6.45) is 5.02. The lowest BCUT2D eigenvalue weighted by atomic mass is 9.96. The van der Waals surface area contributed by atoms with E-state index in [0.717, 1.165) is 6.04 Å². The van der Waals surface area contributed by atoms with Crippen molar-refractivity contribution >= 4 is 0 Å². The molecule has 1 atom stereocenters. The Bertz CT molecular complexity index is 123. The van der Waals surface area contributed by atoms with E-state index in [2.05, 4.69) is 39.0 Å². The van der Waals surface area contributed by atoms with Crippen LogP contribution in [0.25, 0.3) is 0 Å². The van der Waals surface area contributed by atoms with Gasteiger partial charge in [-0.3, -0.25) is 4.90 Å². The number of hydrogen-bond acceptors (Lipinski definition) is 1. The van der Waals surface area contributed by atoms with Crippen molar-refractivity contribution in [1.82, 2.24) is 4.90 Å². The molecule has 1 nitrogen and oxygen atoms in total. The van der Waals surface area contributed by atoms with Gasteiger partial charge < -0.3 is 0 Å². The molecule has 0 bridgehead atoms. The fraction of sp³-hybridized carbons (Fsp3) is 0.900. The quantitative estimate of drug-likeness (QED) is 0.518. The predicted octanol–water partition coefficient (Wildman–Crippen LogP) is 2.47. The first-order valence-corrected chi connectivity index (χ1v) is 4.60. The molecule has 65 valence electrons. The maximum absolute atomic E-state index is 2.57. The lowest BCUT2D eigenvalue weighted by Crippen LogP contribution is -2.49. The molecule has 1 radical (unpaired) electrons. The van der Waals surface area contributed by atoms with Crippen molar-refractivity contribution in [3.63, 3.8) is 0 Å². The summed E-state index contributed by atoms with van der Waals surface area (Å²) in [5.74, 6) is 0. The van der Waals surface area contributed by atoms with E-state index in [1.807, 2.05) is 0 Å². The van der Waals surface area contributed by atoms with E-state index in [1.54, 1.807) is 0 Å². The summed E-state index contributed by atoms with van der Waals surface area (Å²) in [6, 6.07) is 0.764. The first-order chi connectivity index (χ1) is 5.02. The average Bonchev–Trinajstić information content (AvgIpc) is 1.86. The third-order valence-corrected chi connectivity index (χ3v) is 2.51. The smallest absolute Gasteiger partial charge is 0.0127 e. The van der Waals surface area contributed by atoms with Crippen LogP contribution in [0.1, 0.15) is 40.5 Å². The molecule has 1 saturated heterocycles. The van der Waals surface area contributed by atoms with Crippen molar-refractivity contribution in [2.24, 2.45) is 0 Å². The van der Waals surface area contributed by atoms with Gasteiger partial charge in [0.1, 0.15) is 0 Å². The van der Waals surface area contributed by atoms with Crippen LogP contribution >= 0.6 is 0 Å². The number of piperidine rings is 1. The SMILES string of the molecule is CC1CC[CH]CN1C(C)(C)C. The molecule has 0 amide bonds. The van der Waals surface area contributed by atoms with Crippen LogP contribution in [-0.2, 0) is 0 Å². The van der Waals surface area contributed by atoms with Gasteiger partial charge in [-0.15, -0.1) is 0 Å². The summed E-state index contributed by atoms with van der Waals surface area (Å²) in [7, 11) is 0. The molecule has 0 aromatic rings. The van der Waals surface area contributed by atoms with Crippen LogP contribution in [0.15, 0.2) is 0 Å². The molecule has 0 aliphatic carbocycles. The highest BCUT2D eigenvalue weighted by molar-refractivity contribution is 4.89. The molecule has 1 heterocycles. The van der Waals surface area contributed by atoms with Crippen molar-refractivity contribution in [2.45, 2.75) is 52.1 Å². The van der Waals surface area contributed by atoms with E-state index in [0.29, 0.717) is 5.54 Å². The Morgan fingerprint density at radius 1 is 1.36 bits per heavy atom. The molecular weight excluding hydrogens is 134 g/mol. The lowest BCUT2D eigenvalue weighted by Gasteiger charge is -2.43. The highest BCUT2D eigenvalue weighted by Crippen LogP contribution is 2.24. The van der Waals surface area contributed by atoms with E-state index in [9.17, 15) is 0 Å². The van der Waals surface area contributed by atoms with Crippen molar-refractivity contribution < 1.29 is 0 Å². The fourth-order valence-electron chi connectivity index (χ4n) is 1.86. The summed E-state index contributed by atoms with van der Waals surface area (Å²) in [4.78, 5) is 2.57. The Morgan fingerprint density at radius 3 is 2.36 bits per heavy atom. The highest BCUT2D eigenvalue weighted by atomic mass is 15.2. The van der Waals surface area contributed by atoms with Gasteiger partial charge in [0.05, 0.1) is 0 Å². The van der Waals surface area contributed by atoms with Gasteiger partial charge in [-0.25, -0.2) is 0 Å². The molecular formula is C10H20N. The third-order valence-electron chi connectivity index (χ3n) is 2.51. The van der Waals surface area contributed by atoms with Crippen molar-refractivity contribution in [3.05, 3.63) is 6.42 Å². The minimum atomic E-state index is 0.344. The molecule has 1 fully saturated rings. The molecule has 1 heteroatoms. The highest BCUT2D eigenvalue weighted by Gasteiger charge is 2.27. The first-order valence-electron chi connectivity index (χ1n) is 4.60. The summed E-state index contributed by atoms with van der Waals surface area (Å²) in [6.45, 7) is 10.4. The maximum Gasteiger partial charge on any atom is 0.0127 e. The Morgan fingerprint density at radius 2 is 2.00 bits per heavy atom. The van der Waals surface area contributed by atoms with Crippen LogP contribution in [0.4, 0.5) is 0 Å². The van der Waals surface area contributed by atoms with E-state index < -0.39 is 0 Å². The molecule has 0 aromatic carbocycles. The Kier molecular flexibility index (Phi) is 2.58. The van der Waals surface area contributed by atoms with Gasteiger partial charge in [0.2, 0.25) is 0 Å². The van der Waals surface area contributed by atoms with Crippen molar-refractivity contribution in [3.8, 4) is 0 Å². The van der Waals surface area contributed by atoms with Crippen molar-refractivity contribution in [2.75, 3.05) is 6.54 Å². The van der Waals surface area contributed by atoms with E-state index in [-0.39, 0.29) is 0 Å². The molecule has 1 aliphatic rings. The van der Waals surface area contributed by atoms with Crippen LogP contribution in [0, 0.1) is 6.42 Å². The Labute approximate surface area is 70.8 Å². The average molecular weight is 154 g/mol. The van der Waals surface area contributed by atoms with E-state index >= 15 is 0 Å². The zero-order chi connectivity index (χ0) is 8.48. The van der Waals surface area contributed by atoms with E-state index in [1.165, 1.54) is 19.4 Å². The maximum atomic E-state index is 2.57. The molecule has 1 aliphatic heterocycles. The summed E-state index contributed by atoms with van der Waals surface area (Å²) >= 11 is 0. The molecule has 0 saturated carbocycles. The van der Waals surface area contributed by atoms with Gasteiger partial charge >= 0.3 is 0 Å². The van der Waals surface area contributed by atoms with Gasteiger partial charge in [0.15, 0.2) is 0 Å². The lowest BCUT2D eigenvalue weighted by molar-refractivity contribution is 0.0799. The largest absolute Gasteiger partial charge is 0.296 e. The normalized spacial score (nSPS) is 28.9. The zero-order valence-electron chi connectivity index (χ0n) is 8.22. The molecule has 0 N–H and O–H groups in total. The van der Waals surface area contributed by atoms with Gasteiger partial charge in [0, 0.05) is 18.1 Å². The first kappa shape index (κ1) is 9.05. The Hall–Kier alpha value is -0.0400. The standard InChI is InChI=1S/C10H20N/c1-9-7-5-6-8-11(9)10(2,3)4/h6,9H,5,7-8H2,1-4H3. The second-order valence-electron chi connectivity index (χ2n) is 4.54. The number of hydrogen-bond donors (Lipinski definition) is 0. The fourth-order valence-corrected chi connectivity index (χ4v) is 1.86. The van der Waals surface area contributed by atoms with Gasteiger partial charge in [-0.2, -0.15) is 0 Å². The third kappa shape index (κ3) is 2.19. The summed E-state index contributed by atoms with van der Waals surface area (Å²) < 4.78 is 0. The monoisotopic (exact) mass is 154 g/mol. The van der Waals surface area contributed by atoms with E-state index in [4.69, 9.17) is 0 Å². The summed E-state index contributed by atoms with van der Waals surface area (Å²) in [5, 5.41) is 0. The number of likely N-dealkylation sites (tertiary alicyclic amines) is 1. The van der Waals surface area contributed by atoms with Crippen LogP contribution in [-0.4, -0.2) is 23.0 Å². The molecule has 0 aromatic heterocycles. The van der Waals surface area contributed by atoms with Gasteiger partial charge in [0.25, 0.3) is 0 Å². The molecule has 11 heavy (non-hydrogen) atoms. The minimum Gasteiger partial charge on any atom is -0.296 e. The minimum absolute atomic E-state index is 0.344. The topological polar surface area (TPSA) is 3.24 Å². The van der Waals surface area contributed by atoms with Crippen LogP contribution in [0.3, 0.4) is 0 Å². The number of nitrogens with zero attached hydrogens (tertiary/aromatic N) is 1. The number of rotatable bonds is 0. The second-order valence-corrected chi connectivity index (χ2v) is 4.54. The van der Waals surface area contributed by atoms with Gasteiger partial charge in [-0.1, -0.05) is 0 Å². The Balaban J connectivity index is 2.55. The van der Waals surface area contributed by atoms with Crippen LogP contribution in [0.2, 0.25) is 0 Å². The van der Waals surface area contributed by atoms with Crippen LogP contribution < -0.4 is 0 Å². The predicted molar refractivity (Wildman–Crippen MR) is 49.5 cm³/mol.